The quantitative estimate of drug-likeness (QED) is 0.734. The normalized spacial score (nSPS) is 22.0. The highest BCUT2D eigenvalue weighted by molar-refractivity contribution is 5.80. The van der Waals surface area contributed by atoms with Crippen molar-refractivity contribution in [1.82, 2.24) is 10.2 Å². The van der Waals surface area contributed by atoms with Crippen molar-refractivity contribution in [1.29, 1.82) is 0 Å². The molecule has 0 aromatic heterocycles. The SMILES string of the molecule is CCNC(C)(CC(C)N1CCC(C(C)C)CC1)C(=O)OC. The van der Waals surface area contributed by atoms with Crippen LogP contribution >= 0.6 is 0 Å². The molecule has 0 aliphatic carbocycles. The van der Waals surface area contributed by atoms with Crippen molar-refractivity contribution in [2.75, 3.05) is 26.7 Å². The number of methoxy groups -OCH3 is 1. The lowest BCUT2D eigenvalue weighted by Gasteiger charge is -2.40. The van der Waals surface area contributed by atoms with Gasteiger partial charge in [0.1, 0.15) is 5.54 Å². The summed E-state index contributed by atoms with van der Waals surface area (Å²) in [6, 6.07) is 0.390. The zero-order chi connectivity index (χ0) is 16.0. The van der Waals surface area contributed by atoms with Crippen LogP contribution in [0.4, 0.5) is 0 Å². The van der Waals surface area contributed by atoms with Gasteiger partial charge >= 0.3 is 5.97 Å². The van der Waals surface area contributed by atoms with E-state index in [0.717, 1.165) is 37.9 Å². The number of nitrogens with zero attached hydrogens (tertiary/aromatic N) is 1. The second-order valence-corrected chi connectivity index (χ2v) is 7.02. The van der Waals surface area contributed by atoms with Crippen LogP contribution in [0.2, 0.25) is 0 Å². The number of hydrogen-bond donors (Lipinski definition) is 1. The van der Waals surface area contributed by atoms with Crippen LogP contribution in [0, 0.1) is 11.8 Å². The van der Waals surface area contributed by atoms with Gasteiger partial charge in [0.15, 0.2) is 0 Å². The van der Waals surface area contributed by atoms with Gasteiger partial charge in [0.2, 0.25) is 0 Å². The van der Waals surface area contributed by atoms with Crippen molar-refractivity contribution < 1.29 is 9.53 Å². The van der Waals surface area contributed by atoms with Crippen LogP contribution in [0.1, 0.15) is 53.9 Å². The van der Waals surface area contributed by atoms with Gasteiger partial charge in [0, 0.05) is 6.04 Å². The average molecular weight is 298 g/mol. The Balaban J connectivity index is 2.58. The summed E-state index contributed by atoms with van der Waals surface area (Å²) in [5.74, 6) is 1.48. The van der Waals surface area contributed by atoms with Gasteiger partial charge in [-0.2, -0.15) is 0 Å². The van der Waals surface area contributed by atoms with Gasteiger partial charge in [-0.1, -0.05) is 20.8 Å². The van der Waals surface area contributed by atoms with Crippen molar-refractivity contribution in [3.05, 3.63) is 0 Å². The molecule has 0 aromatic carbocycles. The van der Waals surface area contributed by atoms with Crippen molar-refractivity contribution in [3.8, 4) is 0 Å². The molecule has 0 amide bonds. The van der Waals surface area contributed by atoms with E-state index in [-0.39, 0.29) is 5.97 Å². The second kappa shape index (κ2) is 8.14. The minimum Gasteiger partial charge on any atom is -0.468 e. The van der Waals surface area contributed by atoms with Gasteiger partial charge in [-0.05, 0) is 64.6 Å². The molecule has 0 bridgehead atoms. The number of carbonyl (C=O) groups excluding carboxylic acids is 1. The van der Waals surface area contributed by atoms with Gasteiger partial charge in [-0.3, -0.25) is 4.79 Å². The summed E-state index contributed by atoms with van der Waals surface area (Å²) in [6.45, 7) is 13.9. The van der Waals surface area contributed by atoms with Gasteiger partial charge in [0.25, 0.3) is 0 Å². The van der Waals surface area contributed by atoms with Crippen LogP contribution in [-0.2, 0) is 9.53 Å². The van der Waals surface area contributed by atoms with E-state index in [1.54, 1.807) is 0 Å². The maximum Gasteiger partial charge on any atom is 0.325 e. The third-order valence-corrected chi connectivity index (χ3v) is 5.05. The molecule has 0 radical (unpaired) electrons. The number of nitrogens with one attached hydrogen (secondary N) is 1. The number of rotatable bonds is 7. The topological polar surface area (TPSA) is 41.6 Å². The van der Waals surface area contributed by atoms with Crippen LogP contribution < -0.4 is 5.32 Å². The van der Waals surface area contributed by atoms with Crippen LogP contribution in [0.3, 0.4) is 0 Å². The van der Waals surface area contributed by atoms with Crippen molar-refractivity contribution >= 4 is 5.97 Å². The first-order valence-electron chi connectivity index (χ1n) is 8.41. The summed E-state index contributed by atoms with van der Waals surface area (Å²) in [6.07, 6.45) is 3.34. The molecule has 0 saturated carbocycles. The highest BCUT2D eigenvalue weighted by atomic mass is 16.5. The molecule has 0 aromatic rings. The fourth-order valence-corrected chi connectivity index (χ4v) is 3.59. The fourth-order valence-electron chi connectivity index (χ4n) is 3.59. The van der Waals surface area contributed by atoms with Gasteiger partial charge < -0.3 is 15.0 Å². The lowest BCUT2D eigenvalue weighted by molar-refractivity contribution is -0.148. The molecule has 1 rings (SSSR count). The lowest BCUT2D eigenvalue weighted by atomic mass is 9.85. The predicted octanol–water partition coefficient (Wildman–Crippen LogP) is 2.67. The van der Waals surface area contributed by atoms with E-state index < -0.39 is 5.54 Å². The third kappa shape index (κ3) is 4.96. The Morgan fingerprint density at radius 2 is 1.90 bits per heavy atom. The number of hydrogen-bond acceptors (Lipinski definition) is 4. The Kier molecular flexibility index (Phi) is 7.14. The molecule has 21 heavy (non-hydrogen) atoms. The highest BCUT2D eigenvalue weighted by Crippen LogP contribution is 2.27. The molecule has 1 aliphatic rings. The minimum atomic E-state index is -0.586. The molecule has 1 fully saturated rings. The third-order valence-electron chi connectivity index (χ3n) is 5.05. The summed E-state index contributed by atoms with van der Waals surface area (Å²) in [7, 11) is 1.47. The van der Waals surface area contributed by atoms with E-state index in [0.29, 0.717) is 6.04 Å². The summed E-state index contributed by atoms with van der Waals surface area (Å²) < 4.78 is 4.98. The Morgan fingerprint density at radius 1 is 1.33 bits per heavy atom. The summed E-state index contributed by atoms with van der Waals surface area (Å²) in [4.78, 5) is 14.6. The van der Waals surface area contributed by atoms with E-state index in [2.05, 4.69) is 31.0 Å². The minimum absolute atomic E-state index is 0.159. The van der Waals surface area contributed by atoms with Gasteiger partial charge in [-0.15, -0.1) is 0 Å². The molecular formula is C17H34N2O2. The van der Waals surface area contributed by atoms with E-state index in [4.69, 9.17) is 4.74 Å². The molecule has 4 heteroatoms. The maximum absolute atomic E-state index is 12.1. The molecule has 1 saturated heterocycles. The number of piperidine rings is 1. The molecule has 2 atom stereocenters. The Labute approximate surface area is 130 Å². The van der Waals surface area contributed by atoms with E-state index >= 15 is 0 Å². The average Bonchev–Trinajstić information content (AvgIpc) is 2.46. The van der Waals surface area contributed by atoms with Gasteiger partial charge in [0.05, 0.1) is 7.11 Å². The number of carbonyl (C=O) groups is 1. The Hall–Kier alpha value is -0.610. The molecular weight excluding hydrogens is 264 g/mol. The van der Waals surface area contributed by atoms with E-state index in [9.17, 15) is 4.79 Å². The van der Waals surface area contributed by atoms with Crippen LogP contribution in [0.5, 0.6) is 0 Å². The summed E-state index contributed by atoms with van der Waals surface area (Å²) >= 11 is 0. The van der Waals surface area contributed by atoms with Crippen molar-refractivity contribution in [3.63, 3.8) is 0 Å². The smallest absolute Gasteiger partial charge is 0.325 e. The first-order chi connectivity index (χ1) is 9.84. The first kappa shape index (κ1) is 18.4. The number of ether oxygens (including phenoxy) is 1. The van der Waals surface area contributed by atoms with E-state index in [1.807, 2.05) is 13.8 Å². The number of esters is 1. The maximum atomic E-state index is 12.1. The highest BCUT2D eigenvalue weighted by Gasteiger charge is 2.37. The molecule has 1 aliphatic heterocycles. The molecule has 1 N–H and O–H groups in total. The fraction of sp³-hybridized carbons (Fsp3) is 0.941. The molecule has 1 heterocycles. The van der Waals surface area contributed by atoms with Crippen LogP contribution in [-0.4, -0.2) is 49.2 Å². The van der Waals surface area contributed by atoms with Crippen LogP contribution in [0.25, 0.3) is 0 Å². The zero-order valence-electron chi connectivity index (χ0n) is 14.7. The Bertz CT molecular complexity index is 325. The Morgan fingerprint density at radius 3 is 2.33 bits per heavy atom. The van der Waals surface area contributed by atoms with Gasteiger partial charge in [-0.25, -0.2) is 0 Å². The lowest BCUT2D eigenvalue weighted by Crippen LogP contribution is -2.54. The predicted molar refractivity (Wildman–Crippen MR) is 87.3 cm³/mol. The zero-order valence-corrected chi connectivity index (χ0v) is 14.7. The number of likely N-dealkylation sites (tertiary alicyclic amines) is 1. The summed E-state index contributed by atoms with van der Waals surface area (Å²) in [5.41, 5.74) is -0.586. The number of likely N-dealkylation sites (N-methyl/N-ethyl adjacent to an activating group) is 1. The first-order valence-corrected chi connectivity index (χ1v) is 8.41. The molecule has 4 nitrogen and oxygen atoms in total. The molecule has 0 spiro atoms. The van der Waals surface area contributed by atoms with Crippen molar-refractivity contribution in [2.45, 2.75) is 65.5 Å². The largest absolute Gasteiger partial charge is 0.468 e. The second-order valence-electron chi connectivity index (χ2n) is 7.02. The monoisotopic (exact) mass is 298 g/mol. The van der Waals surface area contributed by atoms with E-state index in [1.165, 1.54) is 20.0 Å². The molecule has 2 unspecified atom stereocenters. The molecule has 124 valence electrons. The van der Waals surface area contributed by atoms with Crippen LogP contribution in [0.15, 0.2) is 0 Å². The summed E-state index contributed by atoms with van der Waals surface area (Å²) in [5, 5.41) is 3.31. The van der Waals surface area contributed by atoms with Crippen molar-refractivity contribution in [2.24, 2.45) is 11.8 Å². The standard InChI is InChI=1S/C17H34N2O2/c1-7-18-17(5,16(20)21-6)12-14(4)19-10-8-15(9-11-19)13(2)3/h13-15,18H,7-12H2,1-6H3.